The van der Waals surface area contributed by atoms with Gasteiger partial charge in [-0.2, -0.15) is 0 Å². The van der Waals surface area contributed by atoms with Gasteiger partial charge in [0.05, 0.1) is 11.8 Å². The van der Waals surface area contributed by atoms with Crippen LogP contribution in [-0.4, -0.2) is 29.7 Å². The molecule has 6 nitrogen and oxygen atoms in total. The van der Waals surface area contributed by atoms with Crippen LogP contribution < -0.4 is 15.4 Å². The van der Waals surface area contributed by atoms with Gasteiger partial charge in [-0.05, 0) is 71.6 Å². The van der Waals surface area contributed by atoms with Gasteiger partial charge in [-0.25, -0.2) is 0 Å². The van der Waals surface area contributed by atoms with Crippen molar-refractivity contribution in [3.8, 4) is 28.4 Å². The molecule has 0 saturated heterocycles. The Balaban J connectivity index is 1.26. The van der Waals surface area contributed by atoms with E-state index in [4.69, 9.17) is 4.74 Å². The Morgan fingerprint density at radius 3 is 2.37 bits per heavy atom. The number of phenols is 1. The predicted molar refractivity (Wildman–Crippen MR) is 138 cm³/mol. The number of aliphatic hydroxyl groups is 1. The predicted octanol–water partition coefficient (Wildman–Crippen LogP) is 5.29. The average molecular weight is 469 g/mol. The highest BCUT2D eigenvalue weighted by Gasteiger charge is 2.10. The van der Waals surface area contributed by atoms with Crippen LogP contribution in [0.4, 0.5) is 5.69 Å². The van der Waals surface area contributed by atoms with Crippen molar-refractivity contribution in [2.45, 2.75) is 12.5 Å². The fraction of sp³-hybridized carbons (Fsp3) is 0.138. The minimum Gasteiger partial charge on any atom is -0.506 e. The molecule has 4 aromatic carbocycles. The van der Waals surface area contributed by atoms with Crippen molar-refractivity contribution in [1.29, 1.82) is 0 Å². The second-order valence-electron chi connectivity index (χ2n) is 8.15. The molecule has 0 aromatic heterocycles. The topological polar surface area (TPSA) is 90.8 Å². The van der Waals surface area contributed by atoms with E-state index in [0.717, 1.165) is 34.6 Å². The number of benzene rings is 4. The first-order chi connectivity index (χ1) is 17.1. The molecule has 1 unspecified atom stereocenters. The summed E-state index contributed by atoms with van der Waals surface area (Å²) in [6.45, 7) is 1.04. The quantitative estimate of drug-likeness (QED) is 0.137. The Kier molecular flexibility index (Phi) is 8.12. The number of ether oxygens (including phenoxy) is 1. The van der Waals surface area contributed by atoms with Crippen LogP contribution in [0.25, 0.3) is 11.1 Å². The number of hydrogen-bond donors (Lipinski definition) is 4. The summed E-state index contributed by atoms with van der Waals surface area (Å²) < 4.78 is 6.04. The van der Waals surface area contributed by atoms with Crippen molar-refractivity contribution in [2.24, 2.45) is 0 Å². The average Bonchev–Trinajstić information content (AvgIpc) is 2.89. The molecule has 1 atom stereocenters. The molecule has 4 aromatic rings. The van der Waals surface area contributed by atoms with Gasteiger partial charge in [0.25, 0.3) is 0 Å². The fourth-order valence-electron chi connectivity index (χ4n) is 3.76. The zero-order valence-corrected chi connectivity index (χ0v) is 19.2. The van der Waals surface area contributed by atoms with Crippen LogP contribution in [0.3, 0.4) is 0 Å². The lowest BCUT2D eigenvalue weighted by Crippen LogP contribution is -2.23. The zero-order valence-electron chi connectivity index (χ0n) is 19.2. The van der Waals surface area contributed by atoms with E-state index in [1.54, 1.807) is 12.1 Å². The van der Waals surface area contributed by atoms with Gasteiger partial charge in [0.15, 0.2) is 0 Å². The maximum absolute atomic E-state index is 10.6. The lowest BCUT2D eigenvalue weighted by Gasteiger charge is -2.14. The summed E-state index contributed by atoms with van der Waals surface area (Å²) in [7, 11) is 0. The van der Waals surface area contributed by atoms with Crippen molar-refractivity contribution in [2.75, 3.05) is 18.4 Å². The van der Waals surface area contributed by atoms with E-state index in [-0.39, 0.29) is 11.4 Å². The molecule has 4 N–H and O–H groups in total. The fourth-order valence-corrected chi connectivity index (χ4v) is 3.76. The Morgan fingerprint density at radius 2 is 1.60 bits per heavy atom. The number of nitrogens with one attached hydrogen (secondary N) is 2. The van der Waals surface area contributed by atoms with E-state index < -0.39 is 6.10 Å². The molecule has 4 rings (SSSR count). The van der Waals surface area contributed by atoms with Crippen LogP contribution in [0.5, 0.6) is 17.2 Å². The number of anilines is 1. The van der Waals surface area contributed by atoms with E-state index in [1.165, 1.54) is 6.07 Å². The Labute approximate surface area is 204 Å². The molecule has 0 spiro atoms. The van der Waals surface area contributed by atoms with Gasteiger partial charge in [0, 0.05) is 6.54 Å². The van der Waals surface area contributed by atoms with Crippen molar-refractivity contribution >= 4 is 12.1 Å². The lowest BCUT2D eigenvalue weighted by atomic mass is 10.1. The van der Waals surface area contributed by atoms with Crippen molar-refractivity contribution < 1.29 is 19.7 Å². The minimum absolute atomic E-state index is 0.0441. The van der Waals surface area contributed by atoms with Crippen LogP contribution in [0.1, 0.15) is 17.2 Å². The summed E-state index contributed by atoms with van der Waals surface area (Å²) in [5.41, 5.74) is 4.29. The number of carbonyl (C=O) groups excluding carboxylic acids is 1. The smallest absolute Gasteiger partial charge is 0.211 e. The third kappa shape index (κ3) is 6.69. The molecule has 0 fully saturated rings. The largest absolute Gasteiger partial charge is 0.506 e. The standard InChI is InChI=1S/C29H28N2O4/c32-20-31-27-18-24(11-14-28(27)33)29(34)19-30-16-15-21-9-12-25(13-10-21)35-26-8-4-7-23(17-26)22-5-2-1-3-6-22/h1-14,17-18,20,29-30,33-34H,15-16,19H2,(H,31,32). The zero-order chi connectivity index (χ0) is 24.5. The maximum atomic E-state index is 10.6. The second-order valence-corrected chi connectivity index (χ2v) is 8.15. The summed E-state index contributed by atoms with van der Waals surface area (Å²) in [6, 6.07) is 30.9. The molecule has 0 aliphatic carbocycles. The van der Waals surface area contributed by atoms with E-state index in [2.05, 4.69) is 28.8 Å². The van der Waals surface area contributed by atoms with Crippen molar-refractivity contribution in [3.05, 3.63) is 108 Å². The van der Waals surface area contributed by atoms with Crippen LogP contribution >= 0.6 is 0 Å². The SMILES string of the molecule is O=CNc1cc(C(O)CNCCc2ccc(Oc3cccc(-c4ccccc4)c3)cc2)ccc1O. The number of hydrogen-bond acceptors (Lipinski definition) is 5. The van der Waals surface area contributed by atoms with Gasteiger partial charge in [-0.3, -0.25) is 4.79 Å². The van der Waals surface area contributed by atoms with Crippen molar-refractivity contribution in [1.82, 2.24) is 5.32 Å². The van der Waals surface area contributed by atoms with Crippen LogP contribution in [0.15, 0.2) is 97.1 Å². The summed E-state index contributed by atoms with van der Waals surface area (Å²) in [6.07, 6.45) is 0.524. The number of aromatic hydroxyl groups is 1. The normalized spacial score (nSPS) is 11.6. The molecule has 0 heterocycles. The van der Waals surface area contributed by atoms with E-state index in [1.807, 2.05) is 60.7 Å². The molecule has 0 radical (unpaired) electrons. The van der Waals surface area contributed by atoms with Crippen LogP contribution in [-0.2, 0) is 11.2 Å². The van der Waals surface area contributed by atoms with Gasteiger partial charge in [0.2, 0.25) is 6.41 Å². The number of amides is 1. The summed E-state index contributed by atoms with van der Waals surface area (Å²) in [5, 5.41) is 25.8. The molecule has 178 valence electrons. The Morgan fingerprint density at radius 1 is 0.829 bits per heavy atom. The summed E-state index contributed by atoms with van der Waals surface area (Å²) >= 11 is 0. The number of rotatable bonds is 11. The first-order valence-electron chi connectivity index (χ1n) is 11.5. The molecule has 0 saturated carbocycles. The highest BCUT2D eigenvalue weighted by molar-refractivity contribution is 5.75. The highest BCUT2D eigenvalue weighted by Crippen LogP contribution is 2.28. The van der Waals surface area contributed by atoms with E-state index in [9.17, 15) is 15.0 Å². The maximum Gasteiger partial charge on any atom is 0.211 e. The number of carbonyl (C=O) groups is 1. The van der Waals surface area contributed by atoms with E-state index >= 15 is 0 Å². The van der Waals surface area contributed by atoms with Crippen molar-refractivity contribution in [3.63, 3.8) is 0 Å². The van der Waals surface area contributed by atoms with Gasteiger partial charge < -0.3 is 25.6 Å². The molecule has 0 aliphatic rings. The van der Waals surface area contributed by atoms with Gasteiger partial charge in [-0.15, -0.1) is 0 Å². The molecule has 1 amide bonds. The molecule has 0 aliphatic heterocycles. The minimum atomic E-state index is -0.759. The molecule has 6 heteroatoms. The monoisotopic (exact) mass is 468 g/mol. The van der Waals surface area contributed by atoms with Gasteiger partial charge in [0.1, 0.15) is 17.2 Å². The number of aliphatic hydroxyl groups excluding tert-OH is 1. The molecule has 35 heavy (non-hydrogen) atoms. The molecular weight excluding hydrogens is 440 g/mol. The highest BCUT2D eigenvalue weighted by atomic mass is 16.5. The summed E-state index contributed by atoms with van der Waals surface area (Å²) in [5.74, 6) is 1.52. The molecule has 0 bridgehead atoms. The van der Waals surface area contributed by atoms with Gasteiger partial charge >= 0.3 is 0 Å². The summed E-state index contributed by atoms with van der Waals surface area (Å²) in [4.78, 5) is 10.6. The third-order valence-corrected chi connectivity index (χ3v) is 5.65. The lowest BCUT2D eigenvalue weighted by molar-refractivity contribution is -0.105. The number of phenolic OH excluding ortho intramolecular Hbond substituents is 1. The van der Waals surface area contributed by atoms with Crippen LogP contribution in [0, 0.1) is 0 Å². The second kappa shape index (κ2) is 11.8. The Bertz CT molecular complexity index is 1240. The first-order valence-corrected chi connectivity index (χ1v) is 11.5. The first kappa shape index (κ1) is 24.0. The Hall–Kier alpha value is -4.13. The third-order valence-electron chi connectivity index (χ3n) is 5.65. The van der Waals surface area contributed by atoms with Gasteiger partial charge in [-0.1, -0.05) is 60.7 Å². The van der Waals surface area contributed by atoms with Crippen LogP contribution in [0.2, 0.25) is 0 Å². The molecular formula is C29H28N2O4. The van der Waals surface area contributed by atoms with E-state index in [0.29, 0.717) is 25.1 Å².